The van der Waals surface area contributed by atoms with Crippen LogP contribution in [-0.2, 0) is 9.84 Å². The van der Waals surface area contributed by atoms with Gasteiger partial charge in [-0.1, -0.05) is 0 Å². The minimum absolute atomic E-state index is 0.00715. The molecule has 0 aliphatic rings. The minimum atomic E-state index is -3.05. The van der Waals surface area contributed by atoms with Gasteiger partial charge in [-0.25, -0.2) is 13.4 Å². The average Bonchev–Trinajstić information content (AvgIpc) is 2.88. The maximum atomic E-state index is 11.2. The quantitative estimate of drug-likeness (QED) is 0.777. The lowest BCUT2D eigenvalue weighted by Crippen LogP contribution is -2.27. The maximum absolute atomic E-state index is 11.2. The highest BCUT2D eigenvalue weighted by Crippen LogP contribution is 2.12. The second-order valence-electron chi connectivity index (χ2n) is 4.23. The van der Waals surface area contributed by atoms with Crippen LogP contribution in [0.5, 0.6) is 0 Å². The third-order valence-electron chi connectivity index (χ3n) is 2.46. The zero-order valence-corrected chi connectivity index (χ0v) is 12.5. The van der Waals surface area contributed by atoms with E-state index in [9.17, 15) is 8.42 Å². The molecule has 0 fully saturated rings. The first kappa shape index (κ1) is 14.7. The Balaban J connectivity index is 2.24. The molecular weight excluding hydrogens is 304 g/mol. The van der Waals surface area contributed by atoms with Crippen LogP contribution in [-0.4, -0.2) is 58.5 Å². The first-order chi connectivity index (χ1) is 9.35. The van der Waals surface area contributed by atoms with Crippen molar-refractivity contribution in [2.24, 2.45) is 0 Å². The molecule has 0 saturated heterocycles. The molecule has 108 valence electrons. The van der Waals surface area contributed by atoms with E-state index in [1.165, 1.54) is 12.6 Å². The fraction of sp³-hybridized carbons (Fsp3) is 0.400. The van der Waals surface area contributed by atoms with Crippen LogP contribution in [0.15, 0.2) is 18.7 Å². The largest absolute Gasteiger partial charge is 0.343 e. The predicted molar refractivity (Wildman–Crippen MR) is 74.9 cm³/mol. The molecule has 0 atom stereocenters. The molecule has 10 heteroatoms. The van der Waals surface area contributed by atoms with Gasteiger partial charge in [0.15, 0.2) is 0 Å². The van der Waals surface area contributed by atoms with E-state index in [0.717, 1.165) is 0 Å². The van der Waals surface area contributed by atoms with E-state index in [-0.39, 0.29) is 17.6 Å². The van der Waals surface area contributed by atoms with E-state index in [1.807, 2.05) is 0 Å². The monoisotopic (exact) mass is 316 g/mol. The second-order valence-corrected chi connectivity index (χ2v) is 6.82. The second kappa shape index (κ2) is 5.71. The van der Waals surface area contributed by atoms with E-state index >= 15 is 0 Å². The number of sulfone groups is 1. The van der Waals surface area contributed by atoms with Crippen LogP contribution in [0.4, 0.5) is 5.95 Å². The molecule has 0 saturated carbocycles. The lowest BCUT2D eigenvalue weighted by atomic mass is 10.6. The Bertz CT molecular complexity index is 688. The van der Waals surface area contributed by atoms with Crippen LogP contribution in [0.2, 0.25) is 5.28 Å². The van der Waals surface area contributed by atoms with Crippen molar-refractivity contribution in [1.29, 1.82) is 0 Å². The summed E-state index contributed by atoms with van der Waals surface area (Å²) in [5, 5.41) is 0.0323. The van der Waals surface area contributed by atoms with Gasteiger partial charge in [-0.3, -0.25) is 4.57 Å². The Morgan fingerprint density at radius 2 is 2.10 bits per heavy atom. The summed E-state index contributed by atoms with van der Waals surface area (Å²) in [5.74, 6) is 0.633. The van der Waals surface area contributed by atoms with Gasteiger partial charge < -0.3 is 4.90 Å². The molecule has 8 nitrogen and oxygen atoms in total. The number of halogens is 1. The fourth-order valence-electron chi connectivity index (χ4n) is 1.40. The Hall–Kier alpha value is -1.74. The van der Waals surface area contributed by atoms with Gasteiger partial charge in [0, 0.05) is 32.2 Å². The normalized spacial score (nSPS) is 11.6. The zero-order chi connectivity index (χ0) is 14.8. The molecule has 2 heterocycles. The molecule has 0 unspecified atom stereocenters. The van der Waals surface area contributed by atoms with Crippen molar-refractivity contribution < 1.29 is 8.42 Å². The van der Waals surface area contributed by atoms with Crippen molar-refractivity contribution in [3.63, 3.8) is 0 Å². The number of imidazole rings is 1. The molecular formula is C10H13ClN6O2S. The summed E-state index contributed by atoms with van der Waals surface area (Å²) in [4.78, 5) is 17.7. The summed E-state index contributed by atoms with van der Waals surface area (Å²) in [6, 6.07) is 0. The Morgan fingerprint density at radius 3 is 2.70 bits per heavy atom. The number of rotatable bonds is 5. The number of nitrogens with zero attached hydrogens (tertiary/aromatic N) is 6. The lowest BCUT2D eigenvalue weighted by Gasteiger charge is -2.16. The predicted octanol–water partition coefficient (Wildman–Crippen LogP) is 0.192. The first-order valence-corrected chi connectivity index (χ1v) is 8.08. The topological polar surface area (TPSA) is 93.9 Å². The summed E-state index contributed by atoms with van der Waals surface area (Å²) in [6.07, 6.45) is 5.97. The Labute approximate surface area is 121 Å². The van der Waals surface area contributed by atoms with E-state index in [1.54, 1.807) is 28.9 Å². The third kappa shape index (κ3) is 3.87. The number of hydrogen-bond donors (Lipinski definition) is 0. The lowest BCUT2D eigenvalue weighted by molar-refractivity contribution is 0.600. The Morgan fingerprint density at radius 1 is 1.35 bits per heavy atom. The highest BCUT2D eigenvalue weighted by atomic mass is 35.5. The van der Waals surface area contributed by atoms with E-state index in [4.69, 9.17) is 11.6 Å². The van der Waals surface area contributed by atoms with Gasteiger partial charge in [0.25, 0.3) is 0 Å². The molecule has 2 aromatic heterocycles. The summed E-state index contributed by atoms with van der Waals surface area (Å²) in [6.45, 7) is 0.266. The summed E-state index contributed by atoms with van der Waals surface area (Å²) < 4.78 is 23.9. The van der Waals surface area contributed by atoms with Gasteiger partial charge in [-0.15, -0.1) is 0 Å². The summed E-state index contributed by atoms with van der Waals surface area (Å²) in [5.41, 5.74) is 0. The molecule has 0 aliphatic carbocycles. The van der Waals surface area contributed by atoms with Gasteiger partial charge in [0.1, 0.15) is 16.2 Å². The number of aromatic nitrogens is 5. The summed E-state index contributed by atoms with van der Waals surface area (Å²) >= 11 is 5.86. The molecule has 2 rings (SSSR count). The molecule has 0 amide bonds. The van der Waals surface area contributed by atoms with Crippen molar-refractivity contribution in [1.82, 2.24) is 24.5 Å². The molecule has 0 spiro atoms. The first-order valence-electron chi connectivity index (χ1n) is 5.64. The van der Waals surface area contributed by atoms with Crippen LogP contribution < -0.4 is 4.90 Å². The van der Waals surface area contributed by atoms with Crippen molar-refractivity contribution in [3.8, 4) is 5.95 Å². The number of hydrogen-bond acceptors (Lipinski definition) is 7. The van der Waals surface area contributed by atoms with Crippen molar-refractivity contribution >= 4 is 27.4 Å². The Kier molecular flexibility index (Phi) is 4.19. The smallest absolute Gasteiger partial charge is 0.241 e. The van der Waals surface area contributed by atoms with Crippen LogP contribution in [0.3, 0.4) is 0 Å². The minimum Gasteiger partial charge on any atom is -0.343 e. The maximum Gasteiger partial charge on any atom is 0.241 e. The highest BCUT2D eigenvalue weighted by Gasteiger charge is 2.12. The standard InChI is InChI=1S/C10H13ClN6O2S/c1-16(5-6-20(2,18)19)9-13-8(11)14-10(15-9)17-4-3-12-7-17/h3-4,7H,5-6H2,1-2H3. The van der Waals surface area contributed by atoms with Crippen molar-refractivity contribution in [2.45, 2.75) is 0 Å². The van der Waals surface area contributed by atoms with Crippen LogP contribution in [0.1, 0.15) is 0 Å². The van der Waals surface area contributed by atoms with Gasteiger partial charge >= 0.3 is 0 Å². The molecule has 2 aromatic rings. The van der Waals surface area contributed by atoms with E-state index in [2.05, 4.69) is 19.9 Å². The van der Waals surface area contributed by atoms with Gasteiger partial charge in [-0.2, -0.15) is 15.0 Å². The average molecular weight is 317 g/mol. The summed E-state index contributed by atoms with van der Waals surface area (Å²) in [7, 11) is -1.36. The van der Waals surface area contributed by atoms with E-state index < -0.39 is 9.84 Å². The zero-order valence-electron chi connectivity index (χ0n) is 10.9. The molecule has 0 bridgehead atoms. The molecule has 20 heavy (non-hydrogen) atoms. The molecule has 0 aromatic carbocycles. The van der Waals surface area contributed by atoms with Gasteiger partial charge in [-0.05, 0) is 11.6 Å². The molecule has 0 radical (unpaired) electrons. The van der Waals surface area contributed by atoms with Crippen molar-refractivity contribution in [3.05, 3.63) is 24.0 Å². The highest BCUT2D eigenvalue weighted by molar-refractivity contribution is 7.90. The van der Waals surface area contributed by atoms with Gasteiger partial charge in [0.05, 0.1) is 5.75 Å². The number of anilines is 1. The molecule has 0 aliphatic heterocycles. The fourth-order valence-corrected chi connectivity index (χ4v) is 2.15. The molecule has 0 N–H and O–H groups in total. The van der Waals surface area contributed by atoms with Crippen molar-refractivity contribution in [2.75, 3.05) is 30.5 Å². The van der Waals surface area contributed by atoms with Crippen LogP contribution in [0, 0.1) is 0 Å². The van der Waals surface area contributed by atoms with E-state index in [0.29, 0.717) is 11.9 Å². The third-order valence-corrected chi connectivity index (χ3v) is 3.55. The van der Waals surface area contributed by atoms with Crippen LogP contribution in [0.25, 0.3) is 5.95 Å². The van der Waals surface area contributed by atoms with Gasteiger partial charge in [0.2, 0.25) is 17.2 Å². The van der Waals surface area contributed by atoms with Crippen LogP contribution >= 0.6 is 11.6 Å². The SMILES string of the molecule is CN(CCS(C)(=O)=O)c1nc(Cl)nc(-n2ccnc2)n1.